The number of benzene rings is 9. The fraction of sp³-hybridized carbons (Fsp3) is 0.169. The number of hydrogen-bond acceptors (Lipinski definition) is 2. The lowest BCUT2D eigenvalue weighted by molar-refractivity contribution is 0.596. The monoisotopic (exact) mass is 860 g/mol. The van der Waals surface area contributed by atoms with Crippen LogP contribution in [0.4, 0.5) is 0 Å². The van der Waals surface area contributed by atoms with Crippen molar-refractivity contribution in [1.29, 1.82) is 0 Å². The van der Waals surface area contributed by atoms with Crippen molar-refractivity contribution in [1.82, 2.24) is 0 Å². The van der Waals surface area contributed by atoms with E-state index in [4.69, 9.17) is 8.83 Å². The summed E-state index contributed by atoms with van der Waals surface area (Å²) in [4.78, 5) is 0. The Morgan fingerprint density at radius 3 is 1.37 bits per heavy atom. The van der Waals surface area contributed by atoms with E-state index in [2.05, 4.69) is 199 Å². The molecule has 0 radical (unpaired) electrons. The van der Waals surface area contributed by atoms with Gasteiger partial charge in [-0.25, -0.2) is 0 Å². The molecule has 11 aromatic rings. The number of aryl methyl sites for hydroxylation is 1. The predicted octanol–water partition coefficient (Wildman–Crippen LogP) is 17.9. The molecule has 0 bridgehead atoms. The van der Waals surface area contributed by atoms with Gasteiger partial charge in [-0.15, -0.1) is 0 Å². The van der Waals surface area contributed by atoms with Crippen molar-refractivity contribution in [3.8, 4) is 55.6 Å². The normalized spacial score (nSPS) is 16.4. The van der Waals surface area contributed by atoms with Gasteiger partial charge >= 0.3 is 0 Å². The molecule has 15 rings (SSSR count). The first-order chi connectivity index (χ1) is 32.5. The summed E-state index contributed by atoms with van der Waals surface area (Å²) in [5.74, 6) is 1.01. The maximum atomic E-state index is 6.72. The van der Waals surface area contributed by atoms with Gasteiger partial charge in [0.25, 0.3) is 0 Å². The van der Waals surface area contributed by atoms with E-state index in [9.17, 15) is 0 Å². The lowest BCUT2D eigenvalue weighted by Gasteiger charge is -2.25. The number of fused-ring (bicyclic) bond motifs is 19. The first-order valence-corrected chi connectivity index (χ1v) is 24.1. The smallest absolute Gasteiger partial charge is 0.143 e. The van der Waals surface area contributed by atoms with Gasteiger partial charge in [0.2, 0.25) is 0 Å². The molecule has 0 N–H and O–H groups in total. The minimum atomic E-state index is -0.235. The summed E-state index contributed by atoms with van der Waals surface area (Å²) in [6.45, 7) is 14.7. The Morgan fingerprint density at radius 2 is 0.791 bits per heavy atom. The van der Waals surface area contributed by atoms with E-state index >= 15 is 0 Å². The second-order valence-electron chi connectivity index (χ2n) is 21.4. The van der Waals surface area contributed by atoms with Crippen molar-refractivity contribution in [2.75, 3.05) is 0 Å². The van der Waals surface area contributed by atoms with Crippen LogP contribution in [0.5, 0.6) is 0 Å². The van der Waals surface area contributed by atoms with E-state index in [1.807, 2.05) is 0 Å². The molecule has 67 heavy (non-hydrogen) atoms. The first-order valence-electron chi connectivity index (χ1n) is 24.1. The first kappa shape index (κ1) is 37.8. The SMILES string of the molecule is CC1(C)c2cc3c(cc2-c2cc4c(cc21)-c1c(cc(-c2cccc5c2oc2ccccc25)c2ccccc12)C4(C)C)C(C)(C)c1cc(-c2cccc4c5c(oc24)C=CCC5)c2ccccc2c1-3. The van der Waals surface area contributed by atoms with Crippen LogP contribution in [-0.2, 0) is 22.7 Å². The molecule has 4 aliphatic rings. The molecule has 0 amide bonds. The van der Waals surface area contributed by atoms with Crippen LogP contribution in [0.1, 0.15) is 92.7 Å². The summed E-state index contributed by atoms with van der Waals surface area (Å²) in [7, 11) is 0. The molecule has 0 unspecified atom stereocenters. The van der Waals surface area contributed by atoms with Gasteiger partial charge in [0.05, 0.1) is 0 Å². The average molecular weight is 861 g/mol. The van der Waals surface area contributed by atoms with Crippen LogP contribution in [0.3, 0.4) is 0 Å². The third-order valence-corrected chi connectivity index (χ3v) is 16.9. The zero-order chi connectivity index (χ0) is 44.9. The lowest BCUT2D eigenvalue weighted by atomic mass is 9.78. The van der Waals surface area contributed by atoms with Gasteiger partial charge in [0.15, 0.2) is 0 Å². The van der Waals surface area contributed by atoms with Crippen LogP contribution in [0.25, 0.3) is 116 Å². The Kier molecular flexibility index (Phi) is 7.05. The van der Waals surface area contributed by atoms with Crippen LogP contribution in [0.2, 0.25) is 0 Å². The maximum absolute atomic E-state index is 6.72. The van der Waals surface area contributed by atoms with E-state index in [0.29, 0.717) is 0 Å². The number of furan rings is 2. The summed E-state index contributed by atoms with van der Waals surface area (Å²) < 4.78 is 13.4. The Balaban J connectivity index is 0.910. The van der Waals surface area contributed by atoms with Crippen molar-refractivity contribution < 1.29 is 8.83 Å². The Morgan fingerprint density at radius 1 is 0.358 bits per heavy atom. The van der Waals surface area contributed by atoms with Crippen molar-refractivity contribution in [2.45, 2.75) is 70.6 Å². The molecule has 2 aromatic heterocycles. The lowest BCUT2D eigenvalue weighted by Crippen LogP contribution is -2.17. The Labute approximate surface area is 390 Å². The van der Waals surface area contributed by atoms with Gasteiger partial charge in [0.1, 0.15) is 22.5 Å². The average Bonchev–Trinajstić information content (AvgIpc) is 4.09. The molecule has 0 atom stereocenters. The van der Waals surface area contributed by atoms with E-state index in [1.54, 1.807) is 0 Å². The molecule has 320 valence electrons. The van der Waals surface area contributed by atoms with E-state index in [1.165, 1.54) is 116 Å². The molecule has 0 aliphatic heterocycles. The molecule has 0 saturated heterocycles. The Bertz CT molecular complexity index is 4120. The highest BCUT2D eigenvalue weighted by Gasteiger charge is 2.46. The second-order valence-corrected chi connectivity index (χ2v) is 21.4. The van der Waals surface area contributed by atoms with Gasteiger partial charge in [-0.05, 0) is 161 Å². The standard InChI is InChI=1S/C65H48O2/c1-63(2)51-33-49-53(64(3,4)55-29-45(35-17-7-9-21-39(35)59(49)55)43-25-15-23-41-37-19-11-13-27-57(37)66-61(41)43)31-47(51)48-32-54-50(34-52(48)63)60-40-22-10-8-18-36(40)46(30-56(60)65(54,5)6)44-26-16-24-42-38-20-12-14-28-58(38)67-62(42)44/h7-11,13-19,21-34H,12,20H2,1-6H3. The minimum Gasteiger partial charge on any atom is -0.456 e. The molecule has 0 spiro atoms. The molecule has 4 aliphatic carbocycles. The quantitative estimate of drug-likeness (QED) is 0.173. The maximum Gasteiger partial charge on any atom is 0.143 e. The summed E-state index contributed by atoms with van der Waals surface area (Å²) in [5.41, 5.74) is 25.0. The fourth-order valence-electron chi connectivity index (χ4n) is 13.5. The van der Waals surface area contributed by atoms with Gasteiger partial charge < -0.3 is 8.83 Å². The van der Waals surface area contributed by atoms with Gasteiger partial charge in [-0.1, -0.05) is 151 Å². The molecule has 2 heteroatoms. The summed E-state index contributed by atoms with van der Waals surface area (Å²) in [6, 6.07) is 55.2. The van der Waals surface area contributed by atoms with Crippen LogP contribution in [0, 0.1) is 0 Å². The number of rotatable bonds is 2. The molecular weight excluding hydrogens is 813 g/mol. The highest BCUT2D eigenvalue weighted by Crippen LogP contribution is 2.62. The largest absolute Gasteiger partial charge is 0.456 e. The van der Waals surface area contributed by atoms with E-state index in [-0.39, 0.29) is 16.2 Å². The fourth-order valence-corrected chi connectivity index (χ4v) is 13.5. The van der Waals surface area contributed by atoms with Crippen LogP contribution in [0.15, 0.2) is 161 Å². The number of allylic oxidation sites excluding steroid dienone is 1. The summed E-state index contributed by atoms with van der Waals surface area (Å²) in [6.07, 6.45) is 6.48. The van der Waals surface area contributed by atoms with Crippen LogP contribution in [-0.4, -0.2) is 0 Å². The summed E-state index contributed by atoms with van der Waals surface area (Å²) in [5, 5.41) is 8.69. The molecule has 9 aromatic carbocycles. The highest BCUT2D eigenvalue weighted by atomic mass is 16.3. The van der Waals surface area contributed by atoms with E-state index in [0.717, 1.165) is 51.7 Å². The topological polar surface area (TPSA) is 26.3 Å². The predicted molar refractivity (Wildman–Crippen MR) is 279 cm³/mol. The third kappa shape index (κ3) is 4.66. The third-order valence-electron chi connectivity index (χ3n) is 16.9. The van der Waals surface area contributed by atoms with Crippen molar-refractivity contribution >= 4 is 60.5 Å². The van der Waals surface area contributed by atoms with E-state index < -0.39 is 0 Å². The summed E-state index contributed by atoms with van der Waals surface area (Å²) >= 11 is 0. The minimum absolute atomic E-state index is 0.209. The zero-order valence-corrected chi connectivity index (χ0v) is 38.7. The van der Waals surface area contributed by atoms with Gasteiger partial charge in [-0.2, -0.15) is 0 Å². The molecule has 2 heterocycles. The van der Waals surface area contributed by atoms with Gasteiger partial charge in [-0.3, -0.25) is 0 Å². The molecule has 0 saturated carbocycles. The molecular formula is C65H48O2. The Hall–Kier alpha value is -7.42. The second kappa shape index (κ2) is 12.5. The van der Waals surface area contributed by atoms with Gasteiger partial charge in [0, 0.05) is 49.1 Å². The molecule has 2 nitrogen and oxygen atoms in total. The number of para-hydroxylation sites is 3. The van der Waals surface area contributed by atoms with Crippen molar-refractivity contribution in [2.24, 2.45) is 0 Å². The van der Waals surface area contributed by atoms with Crippen molar-refractivity contribution in [3.63, 3.8) is 0 Å². The van der Waals surface area contributed by atoms with Crippen LogP contribution < -0.4 is 0 Å². The van der Waals surface area contributed by atoms with Crippen molar-refractivity contribution in [3.05, 3.63) is 196 Å². The highest BCUT2D eigenvalue weighted by molar-refractivity contribution is 6.16. The number of hydrogen-bond donors (Lipinski definition) is 0. The zero-order valence-electron chi connectivity index (χ0n) is 38.7. The van der Waals surface area contributed by atoms with Crippen LogP contribution >= 0.6 is 0 Å². The molecule has 0 fully saturated rings.